The van der Waals surface area contributed by atoms with E-state index < -0.39 is 5.82 Å². The third-order valence-electron chi connectivity index (χ3n) is 3.00. The molecule has 0 amide bonds. The Hall–Kier alpha value is -1.46. The summed E-state index contributed by atoms with van der Waals surface area (Å²) in [6, 6.07) is 8.79. The van der Waals surface area contributed by atoms with E-state index in [4.69, 9.17) is 4.74 Å². The Morgan fingerprint density at radius 3 is 2.55 bits per heavy atom. The zero-order chi connectivity index (χ0) is 14.7. The molecule has 2 nitrogen and oxygen atoms in total. The van der Waals surface area contributed by atoms with Crippen molar-refractivity contribution in [1.82, 2.24) is 5.32 Å². The second-order valence-electron chi connectivity index (χ2n) is 4.34. The van der Waals surface area contributed by atoms with Crippen molar-refractivity contribution in [2.75, 3.05) is 7.05 Å². The fraction of sp³-hybridized carbons (Fsp3) is 0.200. The highest BCUT2D eigenvalue weighted by molar-refractivity contribution is 9.10. The molecular formula is C15H14BrF2NO. The molecule has 0 aromatic heterocycles. The molecule has 1 unspecified atom stereocenters. The Labute approximate surface area is 124 Å². The van der Waals surface area contributed by atoms with Crippen LogP contribution in [-0.4, -0.2) is 7.05 Å². The SMILES string of the molecule is CNC(C)c1c(F)cccc1Oc1ccc(Br)c(F)c1. The molecule has 0 aliphatic heterocycles. The minimum Gasteiger partial charge on any atom is -0.457 e. The van der Waals surface area contributed by atoms with E-state index in [1.165, 1.54) is 12.1 Å². The molecule has 0 saturated heterocycles. The monoisotopic (exact) mass is 341 g/mol. The lowest BCUT2D eigenvalue weighted by Gasteiger charge is -2.17. The van der Waals surface area contributed by atoms with Crippen molar-refractivity contribution < 1.29 is 13.5 Å². The molecule has 0 saturated carbocycles. The molecule has 5 heteroatoms. The van der Waals surface area contributed by atoms with E-state index in [1.54, 1.807) is 31.3 Å². The Morgan fingerprint density at radius 1 is 1.15 bits per heavy atom. The van der Waals surface area contributed by atoms with Gasteiger partial charge in [-0.25, -0.2) is 8.78 Å². The topological polar surface area (TPSA) is 21.3 Å². The van der Waals surface area contributed by atoms with Gasteiger partial charge in [-0.3, -0.25) is 0 Å². The number of ether oxygens (including phenoxy) is 1. The molecule has 2 aromatic carbocycles. The molecular weight excluding hydrogens is 328 g/mol. The molecule has 2 rings (SSSR count). The first-order valence-electron chi connectivity index (χ1n) is 6.11. The van der Waals surface area contributed by atoms with Crippen LogP contribution < -0.4 is 10.1 Å². The zero-order valence-electron chi connectivity index (χ0n) is 11.1. The smallest absolute Gasteiger partial charge is 0.141 e. The number of nitrogens with one attached hydrogen (secondary N) is 1. The summed E-state index contributed by atoms with van der Waals surface area (Å²) in [5.41, 5.74) is 0.415. The summed E-state index contributed by atoms with van der Waals surface area (Å²) in [5, 5.41) is 2.97. The Balaban J connectivity index is 2.38. The van der Waals surface area contributed by atoms with Crippen LogP contribution in [0.2, 0.25) is 0 Å². The number of benzene rings is 2. The maximum absolute atomic E-state index is 13.9. The van der Waals surface area contributed by atoms with Gasteiger partial charge >= 0.3 is 0 Å². The largest absolute Gasteiger partial charge is 0.457 e. The van der Waals surface area contributed by atoms with Crippen molar-refractivity contribution in [1.29, 1.82) is 0 Å². The normalized spacial score (nSPS) is 12.2. The van der Waals surface area contributed by atoms with E-state index in [0.717, 1.165) is 0 Å². The van der Waals surface area contributed by atoms with Gasteiger partial charge in [0.1, 0.15) is 23.1 Å². The first-order valence-corrected chi connectivity index (χ1v) is 6.90. The Bertz CT molecular complexity index is 619. The lowest BCUT2D eigenvalue weighted by atomic mass is 10.1. The van der Waals surface area contributed by atoms with Crippen molar-refractivity contribution in [2.45, 2.75) is 13.0 Å². The summed E-state index contributed by atoms with van der Waals surface area (Å²) in [7, 11) is 1.74. The molecule has 0 radical (unpaired) electrons. The summed E-state index contributed by atoms with van der Waals surface area (Å²) in [4.78, 5) is 0. The van der Waals surface area contributed by atoms with Gasteiger partial charge in [-0.1, -0.05) is 6.07 Å². The van der Waals surface area contributed by atoms with Gasteiger partial charge in [0.15, 0.2) is 0 Å². The van der Waals surface area contributed by atoms with Crippen LogP contribution in [0.25, 0.3) is 0 Å². The van der Waals surface area contributed by atoms with Crippen LogP contribution in [0.3, 0.4) is 0 Å². The molecule has 1 N–H and O–H groups in total. The third kappa shape index (κ3) is 3.16. The van der Waals surface area contributed by atoms with Gasteiger partial charge in [-0.15, -0.1) is 0 Å². The maximum Gasteiger partial charge on any atom is 0.141 e. The Kier molecular flexibility index (Phi) is 4.73. The van der Waals surface area contributed by atoms with Crippen molar-refractivity contribution in [3.05, 3.63) is 58.1 Å². The van der Waals surface area contributed by atoms with Crippen LogP contribution in [0.1, 0.15) is 18.5 Å². The predicted molar refractivity (Wildman–Crippen MR) is 78.0 cm³/mol. The van der Waals surface area contributed by atoms with E-state index in [2.05, 4.69) is 21.2 Å². The Morgan fingerprint density at radius 2 is 1.90 bits per heavy atom. The number of halogens is 3. The van der Waals surface area contributed by atoms with Crippen molar-refractivity contribution in [3.63, 3.8) is 0 Å². The predicted octanol–water partition coefficient (Wildman–Crippen LogP) is 4.80. The van der Waals surface area contributed by atoms with Crippen LogP contribution in [0.5, 0.6) is 11.5 Å². The first kappa shape index (κ1) is 14.9. The molecule has 0 spiro atoms. The van der Waals surface area contributed by atoms with E-state index in [0.29, 0.717) is 21.5 Å². The van der Waals surface area contributed by atoms with Gasteiger partial charge < -0.3 is 10.1 Å². The van der Waals surface area contributed by atoms with E-state index in [-0.39, 0.29) is 11.9 Å². The van der Waals surface area contributed by atoms with Gasteiger partial charge in [0.05, 0.1) is 4.47 Å². The quantitative estimate of drug-likeness (QED) is 0.862. The highest BCUT2D eigenvalue weighted by atomic mass is 79.9. The highest BCUT2D eigenvalue weighted by Crippen LogP contribution is 2.32. The van der Waals surface area contributed by atoms with Crippen LogP contribution in [0.15, 0.2) is 40.9 Å². The fourth-order valence-corrected chi connectivity index (χ4v) is 2.08. The van der Waals surface area contributed by atoms with E-state index in [1.807, 2.05) is 6.92 Å². The molecule has 2 aromatic rings. The maximum atomic E-state index is 13.9. The minimum absolute atomic E-state index is 0.216. The van der Waals surface area contributed by atoms with Crippen LogP contribution in [0, 0.1) is 11.6 Å². The lowest BCUT2D eigenvalue weighted by molar-refractivity contribution is 0.448. The van der Waals surface area contributed by atoms with Crippen molar-refractivity contribution >= 4 is 15.9 Å². The highest BCUT2D eigenvalue weighted by Gasteiger charge is 2.16. The second kappa shape index (κ2) is 6.33. The van der Waals surface area contributed by atoms with Gasteiger partial charge in [-0.2, -0.15) is 0 Å². The number of hydrogen-bond acceptors (Lipinski definition) is 2. The van der Waals surface area contributed by atoms with Gasteiger partial charge in [-0.05, 0) is 54.2 Å². The minimum atomic E-state index is -0.429. The van der Waals surface area contributed by atoms with Crippen LogP contribution in [0.4, 0.5) is 8.78 Å². The molecule has 0 bridgehead atoms. The molecule has 20 heavy (non-hydrogen) atoms. The van der Waals surface area contributed by atoms with Crippen molar-refractivity contribution in [3.8, 4) is 11.5 Å². The molecule has 1 atom stereocenters. The summed E-state index contributed by atoms with van der Waals surface area (Å²) in [6.07, 6.45) is 0. The molecule has 0 fully saturated rings. The molecule has 0 aliphatic rings. The molecule has 0 heterocycles. The standard InChI is InChI=1S/C15H14BrF2NO/c1-9(19-2)15-12(17)4-3-5-14(15)20-10-6-7-11(16)13(18)8-10/h3-9,19H,1-2H3. The van der Waals surface area contributed by atoms with Gasteiger partial charge in [0, 0.05) is 17.7 Å². The van der Waals surface area contributed by atoms with Crippen LogP contribution in [-0.2, 0) is 0 Å². The van der Waals surface area contributed by atoms with Crippen molar-refractivity contribution in [2.24, 2.45) is 0 Å². The average molecular weight is 342 g/mol. The lowest BCUT2D eigenvalue weighted by Crippen LogP contribution is -2.14. The fourth-order valence-electron chi connectivity index (χ4n) is 1.84. The van der Waals surface area contributed by atoms with Crippen LogP contribution >= 0.6 is 15.9 Å². The molecule has 106 valence electrons. The van der Waals surface area contributed by atoms with E-state index >= 15 is 0 Å². The average Bonchev–Trinajstić information content (AvgIpc) is 2.42. The summed E-state index contributed by atoms with van der Waals surface area (Å²) < 4.78 is 33.4. The van der Waals surface area contributed by atoms with E-state index in [9.17, 15) is 8.78 Å². The third-order valence-corrected chi connectivity index (χ3v) is 3.64. The summed E-state index contributed by atoms with van der Waals surface area (Å²) in [6.45, 7) is 1.83. The first-order chi connectivity index (χ1) is 9.52. The van der Waals surface area contributed by atoms with Gasteiger partial charge in [0.25, 0.3) is 0 Å². The molecule has 0 aliphatic carbocycles. The zero-order valence-corrected chi connectivity index (χ0v) is 12.7. The number of rotatable bonds is 4. The second-order valence-corrected chi connectivity index (χ2v) is 5.19. The van der Waals surface area contributed by atoms with Gasteiger partial charge in [0.2, 0.25) is 0 Å². The number of hydrogen-bond donors (Lipinski definition) is 1. The summed E-state index contributed by atoms with van der Waals surface area (Å²) >= 11 is 3.07. The summed E-state index contributed by atoms with van der Waals surface area (Å²) in [5.74, 6) is -0.0986.